The second kappa shape index (κ2) is 19.2. The Bertz CT molecular complexity index is 3510. The third-order valence-electron chi connectivity index (χ3n) is 13.0. The Balaban J connectivity index is 0.000000232. The number of nitrogens with zero attached hydrogens (tertiary/aromatic N) is 4. The van der Waals surface area contributed by atoms with Gasteiger partial charge in [0.2, 0.25) is 0 Å². The minimum absolute atomic E-state index is 0. The van der Waals surface area contributed by atoms with Crippen LogP contribution in [0.3, 0.4) is 0 Å². The van der Waals surface area contributed by atoms with Crippen LogP contribution >= 0.6 is 11.3 Å². The number of thiophene rings is 1. The summed E-state index contributed by atoms with van der Waals surface area (Å²) in [4.78, 5) is 10.1. The normalized spacial score (nSPS) is 11.9. The Morgan fingerprint density at radius 3 is 1.85 bits per heavy atom. The Morgan fingerprint density at radius 1 is 0.632 bits per heavy atom. The van der Waals surface area contributed by atoms with Gasteiger partial charge in [-0.25, -0.2) is 0 Å². The molecule has 0 fully saturated rings. The van der Waals surface area contributed by atoms with Crippen molar-refractivity contribution >= 4 is 77.6 Å². The Kier molecular flexibility index (Phi) is 13.3. The molecule has 4 aromatic heterocycles. The number of aromatic nitrogens is 4. The number of rotatable bonds is 9. The minimum atomic E-state index is -1.34. The van der Waals surface area contributed by atoms with Gasteiger partial charge in [-0.05, 0) is 92.3 Å². The van der Waals surface area contributed by atoms with Gasteiger partial charge in [0, 0.05) is 58.5 Å². The van der Waals surface area contributed by atoms with Gasteiger partial charge in [0.15, 0.2) is 0 Å². The first kappa shape index (κ1) is 47.1. The predicted octanol–water partition coefficient (Wildman–Crippen LogP) is 16.5. The van der Waals surface area contributed by atoms with Crippen LogP contribution in [0.5, 0.6) is 0 Å². The SMILES string of the molecule is CC(C)Cc1cc(-c2[c-]cccc2)ncc1[Si](C)(C)C.CC(C)c1cccc(C(C)C)c1-n1c(-c2[c-]cc(-n3c4ccccc4c4ccccc43)c3sc4ccccc4c23)nc2ccccc21.[Ir]. The number of para-hydroxylation sites is 5. The van der Waals surface area contributed by atoms with Gasteiger partial charge in [-0.2, -0.15) is 11.3 Å². The van der Waals surface area contributed by atoms with E-state index in [-0.39, 0.29) is 20.1 Å². The van der Waals surface area contributed by atoms with Crippen molar-refractivity contribution < 1.29 is 20.1 Å². The summed E-state index contributed by atoms with van der Waals surface area (Å²) in [5.41, 5.74) is 14.2. The molecule has 0 bridgehead atoms. The molecule has 0 amide bonds. The maximum atomic E-state index is 5.42. The van der Waals surface area contributed by atoms with Crippen LogP contribution in [-0.2, 0) is 26.5 Å². The maximum absolute atomic E-state index is 5.42. The molecule has 4 nitrogen and oxygen atoms in total. The van der Waals surface area contributed by atoms with E-state index in [1.165, 1.54) is 69.5 Å². The molecular formula is C61H58IrN4SSi-2. The summed E-state index contributed by atoms with van der Waals surface area (Å²) in [5, 5.41) is 6.45. The molecular weight excluding hydrogens is 1040 g/mol. The molecule has 0 atom stereocenters. The number of fused-ring (bicyclic) bond motifs is 7. The summed E-state index contributed by atoms with van der Waals surface area (Å²) < 4.78 is 7.36. The Hall–Kier alpha value is -5.95. The van der Waals surface area contributed by atoms with Crippen LogP contribution in [0, 0.1) is 18.1 Å². The predicted molar refractivity (Wildman–Crippen MR) is 291 cm³/mol. The van der Waals surface area contributed by atoms with Crippen LogP contribution in [0.1, 0.15) is 70.1 Å². The molecule has 11 aromatic rings. The van der Waals surface area contributed by atoms with Crippen LogP contribution < -0.4 is 5.19 Å². The quantitative estimate of drug-likeness (QED) is 0.107. The van der Waals surface area contributed by atoms with Crippen molar-refractivity contribution in [1.82, 2.24) is 19.1 Å². The molecule has 0 unspecified atom stereocenters. The molecule has 0 aliphatic rings. The number of hydrogen-bond acceptors (Lipinski definition) is 3. The topological polar surface area (TPSA) is 35.6 Å². The molecule has 0 N–H and O–H groups in total. The van der Waals surface area contributed by atoms with E-state index in [9.17, 15) is 0 Å². The maximum Gasteiger partial charge on any atom is 0.0798 e. The van der Waals surface area contributed by atoms with Crippen molar-refractivity contribution in [1.29, 1.82) is 0 Å². The van der Waals surface area contributed by atoms with Crippen molar-refractivity contribution in [2.45, 2.75) is 79.4 Å². The van der Waals surface area contributed by atoms with Gasteiger partial charge < -0.3 is 14.1 Å². The minimum Gasteiger partial charge on any atom is -0.349 e. The molecule has 0 spiro atoms. The number of pyridine rings is 1. The van der Waals surface area contributed by atoms with Crippen LogP contribution in [0.2, 0.25) is 19.6 Å². The first-order valence-electron chi connectivity index (χ1n) is 23.8. The van der Waals surface area contributed by atoms with Crippen LogP contribution in [0.25, 0.3) is 87.0 Å². The van der Waals surface area contributed by atoms with Crippen molar-refractivity contribution in [3.8, 4) is 34.0 Å². The van der Waals surface area contributed by atoms with Crippen molar-refractivity contribution in [2.24, 2.45) is 5.92 Å². The zero-order chi connectivity index (χ0) is 46.6. The molecule has 7 aromatic carbocycles. The van der Waals surface area contributed by atoms with Gasteiger partial charge in [-0.15, -0.1) is 48.0 Å². The van der Waals surface area contributed by atoms with Crippen molar-refractivity contribution in [2.75, 3.05) is 0 Å². The van der Waals surface area contributed by atoms with Gasteiger partial charge in [0.05, 0.1) is 24.9 Å². The van der Waals surface area contributed by atoms with Crippen molar-refractivity contribution in [3.63, 3.8) is 0 Å². The van der Waals surface area contributed by atoms with Crippen LogP contribution in [0.15, 0.2) is 158 Å². The summed E-state index contributed by atoms with van der Waals surface area (Å²) in [6.45, 7) is 20.9. The molecule has 4 heterocycles. The van der Waals surface area contributed by atoms with E-state index in [0.29, 0.717) is 17.8 Å². The largest absolute Gasteiger partial charge is 0.349 e. The molecule has 343 valence electrons. The van der Waals surface area contributed by atoms with Crippen LogP contribution in [-0.4, -0.2) is 27.2 Å². The fourth-order valence-electron chi connectivity index (χ4n) is 9.95. The molecule has 68 heavy (non-hydrogen) atoms. The van der Waals surface area contributed by atoms with E-state index in [2.05, 4.69) is 227 Å². The van der Waals surface area contributed by atoms with Gasteiger partial charge in [0.25, 0.3) is 0 Å². The number of benzene rings is 7. The summed E-state index contributed by atoms with van der Waals surface area (Å²) in [5.74, 6) is 2.30. The third kappa shape index (κ3) is 8.60. The average molecular weight is 1100 g/mol. The van der Waals surface area contributed by atoms with Gasteiger partial charge in [-0.1, -0.05) is 169 Å². The molecule has 0 aliphatic carbocycles. The summed E-state index contributed by atoms with van der Waals surface area (Å²) in [7, 11) is -1.34. The Labute approximate surface area is 420 Å². The monoisotopic (exact) mass is 1100 g/mol. The third-order valence-corrected chi connectivity index (χ3v) is 16.3. The van der Waals surface area contributed by atoms with E-state index in [1.807, 2.05) is 29.5 Å². The molecule has 0 saturated carbocycles. The van der Waals surface area contributed by atoms with E-state index in [1.54, 1.807) is 0 Å². The summed E-state index contributed by atoms with van der Waals surface area (Å²) in [6.07, 6.45) is 3.24. The fourth-order valence-corrected chi connectivity index (χ4v) is 12.8. The Morgan fingerprint density at radius 2 is 1.24 bits per heavy atom. The zero-order valence-electron chi connectivity index (χ0n) is 40.5. The molecule has 11 rings (SSSR count). The number of hydrogen-bond donors (Lipinski definition) is 0. The second-order valence-corrected chi connectivity index (χ2v) is 26.0. The fraction of sp³-hybridized carbons (Fsp3) is 0.213. The molecule has 7 heteroatoms. The van der Waals surface area contributed by atoms with Gasteiger partial charge in [-0.3, -0.25) is 4.98 Å². The van der Waals surface area contributed by atoms with E-state index in [4.69, 9.17) is 4.98 Å². The molecule has 0 saturated heterocycles. The van der Waals surface area contributed by atoms with Crippen molar-refractivity contribution in [3.05, 3.63) is 187 Å². The van der Waals surface area contributed by atoms with Gasteiger partial charge >= 0.3 is 0 Å². The van der Waals surface area contributed by atoms with E-state index in [0.717, 1.165) is 45.8 Å². The molecule has 1 radical (unpaired) electrons. The average Bonchev–Trinajstić information content (AvgIpc) is 4.01. The zero-order valence-corrected chi connectivity index (χ0v) is 44.7. The molecule has 0 aliphatic heterocycles. The van der Waals surface area contributed by atoms with E-state index < -0.39 is 8.07 Å². The second-order valence-electron chi connectivity index (χ2n) is 19.9. The van der Waals surface area contributed by atoms with Crippen LogP contribution in [0.4, 0.5) is 0 Å². The first-order chi connectivity index (χ1) is 32.4. The smallest absolute Gasteiger partial charge is 0.0798 e. The standard InChI is InChI=1S/C43H34N3S.C18H24NSi.Ir/c1-26(2)28-17-13-18-29(27(3)4)41(28)46-37-22-11-8-19-34(37)44-43(46)33-24-25-38(42-40(33)32-16-7-12-23-39(32)47-42)45-35-20-9-5-14-30(35)31-15-6-10-21-36(31)45;1-14(2)11-16-12-17(15-9-7-6-8-10-15)19-13-18(16)20(3,4)5;/h5-23,25-27H,1-4H3;6-9,12-14H,11H2,1-5H3;/q2*-1;. The van der Waals surface area contributed by atoms with Gasteiger partial charge in [0.1, 0.15) is 0 Å². The summed E-state index contributed by atoms with van der Waals surface area (Å²) in [6, 6.07) is 61.3. The first-order valence-corrected chi connectivity index (χ1v) is 28.1. The number of imidazole rings is 1. The summed E-state index contributed by atoms with van der Waals surface area (Å²) >= 11 is 1.86. The van der Waals surface area contributed by atoms with E-state index >= 15 is 0 Å².